The van der Waals surface area contributed by atoms with Gasteiger partial charge >= 0.3 is 0 Å². The number of nitrogens with one attached hydrogen (secondary N) is 1. The fraction of sp³-hybridized carbons (Fsp3) is 0.333. The molecule has 0 atom stereocenters. The Kier molecular flexibility index (Phi) is 6.59. The minimum absolute atomic E-state index is 0.0104. The van der Waals surface area contributed by atoms with Gasteiger partial charge in [-0.1, -0.05) is 0 Å². The first kappa shape index (κ1) is 23.7. The first-order valence-electron chi connectivity index (χ1n) is 10.4. The van der Waals surface area contributed by atoms with Crippen LogP contribution in [0.5, 0.6) is 0 Å². The van der Waals surface area contributed by atoms with Crippen molar-refractivity contribution in [2.24, 2.45) is 0 Å². The summed E-state index contributed by atoms with van der Waals surface area (Å²) in [4.78, 5) is 15.3. The van der Waals surface area contributed by atoms with Crippen molar-refractivity contribution in [3.63, 3.8) is 0 Å². The maximum atomic E-state index is 14.4. The topological polar surface area (TPSA) is 123 Å². The maximum absolute atomic E-state index is 14.4. The van der Waals surface area contributed by atoms with Gasteiger partial charge in [0.15, 0.2) is 5.82 Å². The molecule has 4 rings (SSSR count). The van der Waals surface area contributed by atoms with Gasteiger partial charge in [0.1, 0.15) is 11.5 Å². The number of aromatic nitrogens is 4. The standard InChI is InChI=1S/C21H24FN7O4S/c1-14-24-25-26-29(14)20-12-15(4-6-18(20)22)23-21(30)17-13-16(34(31,32)27(2)3)5-7-19(17)28-8-10-33-11-9-28/h4-7,12-13H,8-11H2,1-3H3,(H,23,30). The Morgan fingerprint density at radius 3 is 2.50 bits per heavy atom. The van der Waals surface area contributed by atoms with Gasteiger partial charge in [-0.2, -0.15) is 4.68 Å². The van der Waals surface area contributed by atoms with Crippen LogP contribution in [0.15, 0.2) is 41.3 Å². The molecule has 0 saturated carbocycles. The number of hydrogen-bond acceptors (Lipinski definition) is 8. The number of aryl methyl sites for hydroxylation is 1. The Labute approximate surface area is 196 Å². The number of sulfonamides is 1. The molecule has 11 nitrogen and oxygen atoms in total. The molecule has 1 N–H and O–H groups in total. The summed E-state index contributed by atoms with van der Waals surface area (Å²) >= 11 is 0. The molecule has 1 fully saturated rings. The van der Waals surface area contributed by atoms with E-state index in [0.717, 1.165) is 4.31 Å². The van der Waals surface area contributed by atoms with E-state index in [9.17, 15) is 17.6 Å². The molecule has 180 valence electrons. The predicted octanol–water partition coefficient (Wildman–Crippen LogP) is 1.45. The number of nitrogens with zero attached hydrogens (tertiary/aromatic N) is 6. The average Bonchev–Trinajstić information content (AvgIpc) is 3.25. The molecular weight excluding hydrogens is 465 g/mol. The summed E-state index contributed by atoms with van der Waals surface area (Å²) in [5, 5.41) is 13.8. The SMILES string of the molecule is Cc1nnnn1-c1cc(NC(=O)c2cc(S(=O)(=O)N(C)C)ccc2N2CCOCC2)ccc1F. The van der Waals surface area contributed by atoms with Gasteiger partial charge in [-0.3, -0.25) is 4.79 Å². The van der Waals surface area contributed by atoms with Crippen molar-refractivity contribution in [3.05, 3.63) is 53.6 Å². The Balaban J connectivity index is 1.72. The fourth-order valence-electron chi connectivity index (χ4n) is 3.55. The molecule has 0 aliphatic carbocycles. The van der Waals surface area contributed by atoms with Crippen LogP contribution in [0.4, 0.5) is 15.8 Å². The number of halogens is 1. The van der Waals surface area contributed by atoms with E-state index in [1.165, 1.54) is 49.1 Å². The molecule has 1 aliphatic rings. The number of carbonyl (C=O) groups is 1. The summed E-state index contributed by atoms with van der Waals surface area (Å²) < 4.78 is 47.5. The van der Waals surface area contributed by atoms with Gasteiger partial charge in [-0.15, -0.1) is 5.10 Å². The molecular formula is C21H24FN7O4S. The first-order valence-corrected chi connectivity index (χ1v) is 11.9. The lowest BCUT2D eigenvalue weighted by Gasteiger charge is -2.30. The van der Waals surface area contributed by atoms with Crippen molar-refractivity contribution >= 4 is 27.3 Å². The number of morpholine rings is 1. The summed E-state index contributed by atoms with van der Waals surface area (Å²) in [7, 11) is -0.920. The second kappa shape index (κ2) is 9.44. The van der Waals surface area contributed by atoms with Crippen molar-refractivity contribution in [1.29, 1.82) is 0 Å². The van der Waals surface area contributed by atoms with Crippen LogP contribution in [-0.4, -0.2) is 79.2 Å². The van der Waals surface area contributed by atoms with Crippen molar-refractivity contribution in [3.8, 4) is 5.69 Å². The van der Waals surface area contributed by atoms with E-state index in [1.807, 2.05) is 4.90 Å². The zero-order chi connectivity index (χ0) is 24.5. The Hall–Kier alpha value is -3.42. The van der Waals surface area contributed by atoms with Crippen molar-refractivity contribution in [1.82, 2.24) is 24.5 Å². The van der Waals surface area contributed by atoms with Crippen LogP contribution in [-0.2, 0) is 14.8 Å². The molecule has 3 aromatic rings. The minimum atomic E-state index is -3.76. The summed E-state index contributed by atoms with van der Waals surface area (Å²) in [5.41, 5.74) is 1.12. The second-order valence-corrected chi connectivity index (χ2v) is 9.98. The second-order valence-electron chi connectivity index (χ2n) is 7.82. The van der Waals surface area contributed by atoms with E-state index in [-0.39, 0.29) is 16.1 Å². The monoisotopic (exact) mass is 489 g/mol. The highest BCUT2D eigenvalue weighted by Crippen LogP contribution is 2.28. The van der Waals surface area contributed by atoms with Crippen LogP contribution in [0, 0.1) is 12.7 Å². The Morgan fingerprint density at radius 1 is 1.12 bits per heavy atom. The molecule has 0 unspecified atom stereocenters. The highest BCUT2D eigenvalue weighted by atomic mass is 32.2. The van der Waals surface area contributed by atoms with E-state index in [4.69, 9.17) is 4.74 Å². The number of hydrogen-bond donors (Lipinski definition) is 1. The number of benzene rings is 2. The van der Waals surface area contributed by atoms with Crippen LogP contribution < -0.4 is 10.2 Å². The first-order chi connectivity index (χ1) is 16.2. The van der Waals surface area contributed by atoms with E-state index in [2.05, 4.69) is 20.8 Å². The summed E-state index contributed by atoms with van der Waals surface area (Å²) in [6.45, 7) is 3.71. The van der Waals surface area contributed by atoms with Gasteiger partial charge in [0.05, 0.1) is 23.7 Å². The van der Waals surface area contributed by atoms with Gasteiger partial charge in [-0.25, -0.2) is 17.1 Å². The van der Waals surface area contributed by atoms with E-state index in [1.54, 1.807) is 13.0 Å². The maximum Gasteiger partial charge on any atom is 0.257 e. The summed E-state index contributed by atoms with van der Waals surface area (Å²) in [6.07, 6.45) is 0. The van der Waals surface area contributed by atoms with Crippen LogP contribution in [0.25, 0.3) is 5.69 Å². The van der Waals surface area contributed by atoms with Gasteiger partial charge in [-0.05, 0) is 53.7 Å². The zero-order valence-electron chi connectivity index (χ0n) is 18.9. The highest BCUT2D eigenvalue weighted by molar-refractivity contribution is 7.89. The van der Waals surface area contributed by atoms with Crippen LogP contribution in [0.1, 0.15) is 16.2 Å². The molecule has 1 saturated heterocycles. The number of rotatable bonds is 6. The molecule has 2 aromatic carbocycles. The summed E-state index contributed by atoms with van der Waals surface area (Å²) in [6, 6.07) is 8.47. The van der Waals surface area contributed by atoms with Gasteiger partial charge in [0.25, 0.3) is 5.91 Å². The molecule has 13 heteroatoms. The lowest BCUT2D eigenvalue weighted by atomic mass is 10.1. The number of amides is 1. The molecule has 2 heterocycles. The van der Waals surface area contributed by atoms with Gasteiger partial charge < -0.3 is 15.0 Å². The number of ether oxygens (including phenoxy) is 1. The fourth-order valence-corrected chi connectivity index (χ4v) is 4.48. The Morgan fingerprint density at radius 2 is 1.85 bits per heavy atom. The normalized spacial score (nSPS) is 14.4. The van der Waals surface area contributed by atoms with Crippen molar-refractivity contribution < 1.29 is 22.3 Å². The predicted molar refractivity (Wildman–Crippen MR) is 122 cm³/mol. The Bertz CT molecular complexity index is 1320. The van der Waals surface area contributed by atoms with E-state index >= 15 is 0 Å². The lowest BCUT2D eigenvalue weighted by Crippen LogP contribution is -2.37. The van der Waals surface area contributed by atoms with Crippen LogP contribution >= 0.6 is 0 Å². The van der Waals surface area contributed by atoms with E-state index in [0.29, 0.717) is 43.5 Å². The number of carbonyl (C=O) groups excluding carboxylic acids is 1. The quantitative estimate of drug-likeness (QED) is 0.552. The molecule has 0 bridgehead atoms. The minimum Gasteiger partial charge on any atom is -0.378 e. The van der Waals surface area contributed by atoms with Gasteiger partial charge in [0.2, 0.25) is 10.0 Å². The zero-order valence-corrected chi connectivity index (χ0v) is 19.7. The third-order valence-corrected chi connectivity index (χ3v) is 7.21. The molecule has 0 radical (unpaired) electrons. The van der Waals surface area contributed by atoms with E-state index < -0.39 is 21.7 Å². The molecule has 1 amide bonds. The number of tetrazole rings is 1. The third-order valence-electron chi connectivity index (χ3n) is 5.40. The molecule has 1 aliphatic heterocycles. The highest BCUT2D eigenvalue weighted by Gasteiger charge is 2.24. The third kappa shape index (κ3) is 4.62. The smallest absolute Gasteiger partial charge is 0.257 e. The molecule has 0 spiro atoms. The van der Waals surface area contributed by atoms with Crippen LogP contribution in [0.3, 0.4) is 0 Å². The largest absolute Gasteiger partial charge is 0.378 e. The van der Waals surface area contributed by atoms with Gasteiger partial charge in [0, 0.05) is 38.6 Å². The van der Waals surface area contributed by atoms with Crippen molar-refractivity contribution in [2.75, 3.05) is 50.6 Å². The molecule has 34 heavy (non-hydrogen) atoms. The van der Waals surface area contributed by atoms with Crippen LogP contribution in [0.2, 0.25) is 0 Å². The number of anilines is 2. The lowest BCUT2D eigenvalue weighted by molar-refractivity contribution is 0.102. The summed E-state index contributed by atoms with van der Waals surface area (Å²) in [5.74, 6) is -0.733. The average molecular weight is 490 g/mol. The van der Waals surface area contributed by atoms with Crippen molar-refractivity contribution in [2.45, 2.75) is 11.8 Å². The molecule has 1 aromatic heterocycles.